The Kier molecular flexibility index (Phi) is 5.60. The van der Waals surface area contributed by atoms with E-state index < -0.39 is 0 Å². The second-order valence-corrected chi connectivity index (χ2v) is 11.0. The van der Waals surface area contributed by atoms with Gasteiger partial charge in [-0.3, -0.25) is 9.69 Å². The number of hydrogen-bond acceptors (Lipinski definition) is 5. The number of anilines is 1. The number of fused-ring (bicyclic) bond motifs is 2. The van der Waals surface area contributed by atoms with Gasteiger partial charge in [-0.1, -0.05) is 11.6 Å². The summed E-state index contributed by atoms with van der Waals surface area (Å²) in [5, 5.41) is 5.95. The van der Waals surface area contributed by atoms with E-state index in [9.17, 15) is 4.79 Å². The van der Waals surface area contributed by atoms with Gasteiger partial charge in [-0.25, -0.2) is 4.98 Å². The van der Waals surface area contributed by atoms with E-state index in [1.54, 1.807) is 0 Å². The zero-order valence-corrected chi connectivity index (χ0v) is 19.9. The van der Waals surface area contributed by atoms with Gasteiger partial charge >= 0.3 is 0 Å². The fourth-order valence-corrected chi connectivity index (χ4v) is 6.63. The van der Waals surface area contributed by atoms with Crippen molar-refractivity contribution in [3.8, 4) is 0 Å². The number of benzene rings is 1. The highest BCUT2D eigenvalue weighted by Crippen LogP contribution is 2.51. The summed E-state index contributed by atoms with van der Waals surface area (Å²) in [6, 6.07) is 6.22. The normalized spacial score (nSPS) is 32.6. The van der Waals surface area contributed by atoms with E-state index in [0.29, 0.717) is 30.2 Å². The molecular weight excluding hydrogens is 438 g/mol. The molecule has 3 saturated heterocycles. The molecule has 4 fully saturated rings. The van der Waals surface area contributed by atoms with Crippen LogP contribution in [0.15, 0.2) is 24.4 Å². The molecule has 1 aliphatic carbocycles. The number of pyridine rings is 1. The van der Waals surface area contributed by atoms with Crippen LogP contribution in [-0.4, -0.2) is 60.8 Å². The number of piperidine rings is 1. The van der Waals surface area contributed by atoms with Gasteiger partial charge in [0.2, 0.25) is 5.91 Å². The molecule has 3 aliphatic heterocycles. The average molecular weight is 470 g/mol. The number of carbonyl (C=O) groups is 1. The Balaban J connectivity index is 1.17. The first kappa shape index (κ1) is 21.8. The van der Waals surface area contributed by atoms with E-state index in [1.165, 1.54) is 5.56 Å². The van der Waals surface area contributed by atoms with E-state index >= 15 is 0 Å². The number of carbonyl (C=O) groups excluding carboxylic acids is 1. The molecule has 0 bridgehead atoms. The Morgan fingerprint density at radius 2 is 1.97 bits per heavy atom. The molecule has 33 heavy (non-hydrogen) atoms. The molecule has 7 heteroatoms. The summed E-state index contributed by atoms with van der Waals surface area (Å²) in [4.78, 5) is 19.8. The van der Waals surface area contributed by atoms with Crippen LogP contribution >= 0.6 is 11.6 Å². The third-order valence-corrected chi connectivity index (χ3v) is 8.85. The molecule has 1 unspecified atom stereocenters. The van der Waals surface area contributed by atoms with Crippen molar-refractivity contribution in [2.45, 2.75) is 44.1 Å². The smallest absolute Gasteiger partial charge is 0.229 e. The molecule has 4 aliphatic rings. The van der Waals surface area contributed by atoms with Crippen molar-refractivity contribution in [3.63, 3.8) is 0 Å². The summed E-state index contributed by atoms with van der Waals surface area (Å²) in [6.07, 6.45) is 6.11. The van der Waals surface area contributed by atoms with Crippen LogP contribution in [-0.2, 0) is 14.3 Å². The highest BCUT2D eigenvalue weighted by atomic mass is 35.5. The summed E-state index contributed by atoms with van der Waals surface area (Å²) >= 11 is 6.73. The first-order valence-corrected chi connectivity index (χ1v) is 12.7. The summed E-state index contributed by atoms with van der Waals surface area (Å²) in [5.41, 5.74) is 1.40. The van der Waals surface area contributed by atoms with E-state index in [-0.39, 0.29) is 17.4 Å². The van der Waals surface area contributed by atoms with Crippen molar-refractivity contribution in [1.29, 1.82) is 0 Å². The predicted octanol–water partition coefficient (Wildman–Crippen LogP) is 4.47. The van der Waals surface area contributed by atoms with Gasteiger partial charge in [0.25, 0.3) is 0 Å². The molecule has 1 saturated carbocycles. The number of rotatable bonds is 4. The van der Waals surface area contributed by atoms with Gasteiger partial charge in [0.05, 0.1) is 13.2 Å². The molecule has 0 spiro atoms. The second-order valence-electron chi connectivity index (χ2n) is 10.6. The standard InChI is InChI=1S/C26H32ClN3O3/c1-26(5-9-33-15-26)30-6-2-16(3-7-30)20-10-17-12-23(28-13-18(17)11-22(20)27)29-25(31)24-19-4-8-32-14-21(19)24/h10-13,16,19,21,24H,2-9,14-15H2,1H3,(H,28,29,31)/t19-,21-,24?,26+/m0/s1. The first-order valence-electron chi connectivity index (χ1n) is 12.3. The second kappa shape index (κ2) is 8.49. The third kappa shape index (κ3) is 4.05. The van der Waals surface area contributed by atoms with E-state index in [0.717, 1.165) is 74.4 Å². The van der Waals surface area contributed by atoms with Crippen molar-refractivity contribution < 1.29 is 14.3 Å². The number of nitrogens with zero attached hydrogens (tertiary/aromatic N) is 2. The fourth-order valence-electron chi connectivity index (χ4n) is 6.30. The minimum atomic E-state index is 0.0723. The van der Waals surface area contributed by atoms with Crippen LogP contribution < -0.4 is 5.32 Å². The summed E-state index contributed by atoms with van der Waals surface area (Å²) < 4.78 is 11.2. The minimum Gasteiger partial charge on any atom is -0.381 e. The van der Waals surface area contributed by atoms with Gasteiger partial charge in [-0.15, -0.1) is 0 Å². The first-order chi connectivity index (χ1) is 16.0. The van der Waals surface area contributed by atoms with E-state index in [1.807, 2.05) is 18.3 Å². The highest BCUT2D eigenvalue weighted by molar-refractivity contribution is 6.32. The van der Waals surface area contributed by atoms with Crippen molar-refractivity contribution in [2.24, 2.45) is 17.8 Å². The number of nitrogens with one attached hydrogen (secondary N) is 1. The van der Waals surface area contributed by atoms with Crippen LogP contribution in [0, 0.1) is 17.8 Å². The van der Waals surface area contributed by atoms with Gasteiger partial charge in [0, 0.05) is 41.3 Å². The van der Waals surface area contributed by atoms with Crippen LogP contribution in [0.2, 0.25) is 5.02 Å². The van der Waals surface area contributed by atoms with Crippen molar-refractivity contribution >= 4 is 34.1 Å². The summed E-state index contributed by atoms with van der Waals surface area (Å²) in [6.45, 7) is 7.67. The largest absolute Gasteiger partial charge is 0.381 e. The Labute approximate surface area is 200 Å². The molecule has 1 aromatic heterocycles. The maximum absolute atomic E-state index is 12.8. The van der Waals surface area contributed by atoms with E-state index in [2.05, 4.69) is 28.2 Å². The number of aromatic nitrogens is 1. The predicted molar refractivity (Wildman–Crippen MR) is 129 cm³/mol. The Bertz CT molecular complexity index is 1050. The molecular formula is C26H32ClN3O3. The third-order valence-electron chi connectivity index (χ3n) is 8.52. The molecule has 1 amide bonds. The molecule has 2 aromatic rings. The zero-order valence-electron chi connectivity index (χ0n) is 19.2. The molecule has 4 atom stereocenters. The van der Waals surface area contributed by atoms with Crippen LogP contribution in [0.5, 0.6) is 0 Å². The number of hydrogen-bond donors (Lipinski definition) is 1. The van der Waals surface area contributed by atoms with Gasteiger partial charge in [0.1, 0.15) is 5.82 Å². The number of halogens is 1. The van der Waals surface area contributed by atoms with Crippen LogP contribution in [0.25, 0.3) is 10.8 Å². The van der Waals surface area contributed by atoms with Crippen LogP contribution in [0.1, 0.15) is 44.1 Å². The highest BCUT2D eigenvalue weighted by Gasteiger charge is 2.55. The Morgan fingerprint density at radius 3 is 2.70 bits per heavy atom. The molecule has 0 radical (unpaired) electrons. The topological polar surface area (TPSA) is 63.7 Å². The monoisotopic (exact) mass is 469 g/mol. The summed E-state index contributed by atoms with van der Waals surface area (Å²) in [7, 11) is 0. The molecule has 4 heterocycles. The molecule has 6 rings (SSSR count). The van der Waals surface area contributed by atoms with Crippen molar-refractivity contribution in [3.05, 3.63) is 35.0 Å². The number of likely N-dealkylation sites (tertiary alicyclic amines) is 1. The average Bonchev–Trinajstić information content (AvgIpc) is 3.40. The van der Waals surface area contributed by atoms with Gasteiger partial charge < -0.3 is 14.8 Å². The minimum absolute atomic E-state index is 0.0723. The Hall–Kier alpha value is -1.73. The fraction of sp³-hybridized carbons (Fsp3) is 0.615. The van der Waals surface area contributed by atoms with Crippen LogP contribution in [0.3, 0.4) is 0 Å². The molecule has 176 valence electrons. The van der Waals surface area contributed by atoms with E-state index in [4.69, 9.17) is 21.1 Å². The maximum Gasteiger partial charge on any atom is 0.229 e. The van der Waals surface area contributed by atoms with Gasteiger partial charge in [-0.05, 0) is 92.6 Å². The zero-order chi connectivity index (χ0) is 22.6. The molecule has 1 N–H and O–H groups in total. The van der Waals surface area contributed by atoms with Gasteiger partial charge in [-0.2, -0.15) is 0 Å². The van der Waals surface area contributed by atoms with Crippen molar-refractivity contribution in [2.75, 3.05) is 44.8 Å². The number of amides is 1. The quantitative estimate of drug-likeness (QED) is 0.715. The molecule has 1 aromatic carbocycles. The molecule has 6 nitrogen and oxygen atoms in total. The van der Waals surface area contributed by atoms with Gasteiger partial charge in [0.15, 0.2) is 0 Å². The SMILES string of the molecule is C[C@@]1(N2CCC(c3cc4cc(NC(=O)C5[C@H]6CCOC[C@H]56)ncc4cc3Cl)CC2)CCOC1. The van der Waals surface area contributed by atoms with Crippen molar-refractivity contribution in [1.82, 2.24) is 9.88 Å². The lowest BCUT2D eigenvalue weighted by Crippen LogP contribution is -2.50. The lowest BCUT2D eigenvalue weighted by Gasteiger charge is -2.42. The lowest BCUT2D eigenvalue weighted by atomic mass is 9.86. The maximum atomic E-state index is 12.8. The number of ether oxygens (including phenoxy) is 2. The summed E-state index contributed by atoms with van der Waals surface area (Å²) in [5.74, 6) is 2.08. The van der Waals surface area contributed by atoms with Crippen LogP contribution in [0.4, 0.5) is 5.82 Å². The lowest BCUT2D eigenvalue weighted by molar-refractivity contribution is -0.117. The Morgan fingerprint density at radius 1 is 1.12 bits per heavy atom.